The number of carbonyl (C=O) groups excluding carboxylic acids is 4. The molecule has 0 N–H and O–H groups in total. The molecular formula is C28H24N4O4. The van der Waals surface area contributed by atoms with Crippen molar-refractivity contribution in [2.24, 2.45) is 0 Å². The van der Waals surface area contributed by atoms with Crippen LogP contribution in [0.5, 0.6) is 0 Å². The fourth-order valence-electron chi connectivity index (χ4n) is 4.59. The molecule has 0 aliphatic carbocycles. The summed E-state index contributed by atoms with van der Waals surface area (Å²) in [7, 11) is 0. The van der Waals surface area contributed by atoms with Gasteiger partial charge in [0, 0.05) is 17.7 Å². The fraction of sp³-hybridized carbons (Fsp3) is 0.286. The van der Waals surface area contributed by atoms with E-state index in [0.717, 1.165) is 0 Å². The number of rotatable bonds is 6. The van der Waals surface area contributed by atoms with Gasteiger partial charge in [0.2, 0.25) is 0 Å². The lowest BCUT2D eigenvalue weighted by atomic mass is 9.90. The third-order valence-electron chi connectivity index (χ3n) is 6.95. The van der Waals surface area contributed by atoms with E-state index in [1.807, 2.05) is 26.0 Å². The Morgan fingerprint density at radius 3 is 1.39 bits per heavy atom. The van der Waals surface area contributed by atoms with Gasteiger partial charge in [0.15, 0.2) is 0 Å². The highest BCUT2D eigenvalue weighted by Gasteiger charge is 2.40. The molecule has 8 heteroatoms. The van der Waals surface area contributed by atoms with Gasteiger partial charge in [-0.1, -0.05) is 26.0 Å². The highest BCUT2D eigenvalue weighted by Crippen LogP contribution is 2.35. The number of nitrogens with zero attached hydrogens (tertiary/aromatic N) is 4. The number of imide groups is 2. The van der Waals surface area contributed by atoms with Crippen LogP contribution in [0.25, 0.3) is 5.57 Å². The van der Waals surface area contributed by atoms with E-state index in [1.54, 1.807) is 26.0 Å². The van der Waals surface area contributed by atoms with Crippen molar-refractivity contribution >= 4 is 29.2 Å². The molecule has 2 aliphatic rings. The number of carbonyl (C=O) groups is 4. The molecule has 0 saturated carbocycles. The second-order valence-corrected chi connectivity index (χ2v) is 8.97. The van der Waals surface area contributed by atoms with E-state index in [4.69, 9.17) is 0 Å². The Kier molecular flexibility index (Phi) is 6.30. The third-order valence-corrected chi connectivity index (χ3v) is 6.95. The maximum absolute atomic E-state index is 13.1. The van der Waals surface area contributed by atoms with Crippen LogP contribution in [0, 0.1) is 22.7 Å². The SMILES string of the molecule is CCC(C)N1C(=O)c2ccc(C(=C(C#N)C#N)c3ccc4c(c3)C(=O)N(C(C)CC)C4=O)cc2C1=O. The van der Waals surface area contributed by atoms with Gasteiger partial charge in [-0.2, -0.15) is 10.5 Å². The molecule has 4 rings (SSSR count). The van der Waals surface area contributed by atoms with Crippen LogP contribution < -0.4 is 0 Å². The summed E-state index contributed by atoms with van der Waals surface area (Å²) in [6, 6.07) is 12.4. The molecule has 36 heavy (non-hydrogen) atoms. The lowest BCUT2D eigenvalue weighted by molar-refractivity contribution is 0.0577. The van der Waals surface area contributed by atoms with Gasteiger partial charge in [-0.15, -0.1) is 0 Å². The van der Waals surface area contributed by atoms with E-state index in [9.17, 15) is 29.7 Å². The molecule has 2 aromatic rings. The summed E-state index contributed by atoms with van der Waals surface area (Å²) in [6.45, 7) is 7.36. The van der Waals surface area contributed by atoms with Gasteiger partial charge in [0.1, 0.15) is 17.7 Å². The maximum atomic E-state index is 13.1. The molecular weight excluding hydrogens is 456 g/mol. The fourth-order valence-corrected chi connectivity index (χ4v) is 4.59. The molecule has 2 atom stereocenters. The quantitative estimate of drug-likeness (QED) is 0.448. The van der Waals surface area contributed by atoms with Crippen molar-refractivity contribution in [1.82, 2.24) is 9.80 Å². The first kappa shape index (κ1) is 24.6. The van der Waals surface area contributed by atoms with Crippen molar-refractivity contribution in [2.75, 3.05) is 0 Å². The summed E-state index contributed by atoms with van der Waals surface area (Å²) in [6.07, 6.45) is 1.21. The van der Waals surface area contributed by atoms with Gasteiger partial charge in [-0.25, -0.2) is 0 Å². The van der Waals surface area contributed by atoms with Crippen LogP contribution in [0.4, 0.5) is 0 Å². The average Bonchev–Trinajstić information content (AvgIpc) is 3.29. The Morgan fingerprint density at radius 1 is 0.694 bits per heavy atom. The highest BCUT2D eigenvalue weighted by molar-refractivity contribution is 6.23. The van der Waals surface area contributed by atoms with Crippen LogP contribution in [0.15, 0.2) is 42.0 Å². The maximum Gasteiger partial charge on any atom is 0.261 e. The topological polar surface area (TPSA) is 122 Å². The molecule has 2 unspecified atom stereocenters. The zero-order valence-electron chi connectivity index (χ0n) is 20.5. The number of allylic oxidation sites excluding steroid dienone is 1. The predicted molar refractivity (Wildman–Crippen MR) is 131 cm³/mol. The number of amides is 4. The van der Waals surface area contributed by atoms with Crippen LogP contribution in [0.3, 0.4) is 0 Å². The minimum absolute atomic E-state index is 0.195. The zero-order valence-corrected chi connectivity index (χ0v) is 20.5. The van der Waals surface area contributed by atoms with Crippen LogP contribution in [-0.4, -0.2) is 45.5 Å². The normalized spacial score (nSPS) is 15.8. The van der Waals surface area contributed by atoms with Crippen LogP contribution >= 0.6 is 0 Å². The predicted octanol–water partition coefficient (Wildman–Crippen LogP) is 4.32. The van der Waals surface area contributed by atoms with E-state index in [1.165, 1.54) is 34.1 Å². The molecule has 2 heterocycles. The van der Waals surface area contributed by atoms with Gasteiger partial charge < -0.3 is 0 Å². The summed E-state index contributed by atoms with van der Waals surface area (Å²) in [5, 5.41) is 19.4. The Labute approximate surface area is 209 Å². The summed E-state index contributed by atoms with van der Waals surface area (Å²) in [4.78, 5) is 54.2. The van der Waals surface area contributed by atoms with Gasteiger partial charge >= 0.3 is 0 Å². The molecule has 0 fully saturated rings. The molecule has 2 aliphatic heterocycles. The van der Waals surface area contributed by atoms with Gasteiger partial charge in [-0.3, -0.25) is 29.0 Å². The first-order valence-corrected chi connectivity index (χ1v) is 11.8. The van der Waals surface area contributed by atoms with Crippen molar-refractivity contribution in [2.45, 2.75) is 52.6 Å². The van der Waals surface area contributed by atoms with Crippen LogP contribution in [0.2, 0.25) is 0 Å². The number of hydrogen-bond donors (Lipinski definition) is 0. The second kappa shape index (κ2) is 9.24. The number of benzene rings is 2. The summed E-state index contributed by atoms with van der Waals surface area (Å²) < 4.78 is 0. The zero-order chi connectivity index (χ0) is 26.3. The van der Waals surface area contributed by atoms with E-state index in [2.05, 4.69) is 0 Å². The molecule has 0 aromatic heterocycles. The number of fused-ring (bicyclic) bond motifs is 2. The molecule has 0 spiro atoms. The smallest absolute Gasteiger partial charge is 0.261 e. The molecule has 8 nitrogen and oxygen atoms in total. The van der Waals surface area contributed by atoms with Crippen molar-refractivity contribution < 1.29 is 19.2 Å². The van der Waals surface area contributed by atoms with E-state index in [0.29, 0.717) is 24.0 Å². The molecule has 4 amide bonds. The minimum atomic E-state index is -0.431. The van der Waals surface area contributed by atoms with Crippen LogP contribution in [0.1, 0.15) is 93.1 Å². The number of nitriles is 2. The second-order valence-electron chi connectivity index (χ2n) is 8.97. The first-order valence-electron chi connectivity index (χ1n) is 11.8. The van der Waals surface area contributed by atoms with E-state index < -0.39 is 11.8 Å². The summed E-state index contributed by atoms with van der Waals surface area (Å²) in [5.74, 6) is -1.62. The summed E-state index contributed by atoms with van der Waals surface area (Å²) >= 11 is 0. The standard InChI is InChI=1S/C28H24N4O4/c1-5-15(3)31-25(33)20-9-7-17(11-22(20)27(31)35)24(19(13-29)14-30)18-8-10-21-23(12-18)28(36)32(26(21)34)16(4)6-2/h7-12,15-16H,5-6H2,1-4H3. The summed E-state index contributed by atoms with van der Waals surface area (Å²) in [5.41, 5.74) is 1.68. The Morgan fingerprint density at radius 2 is 1.06 bits per heavy atom. The lowest BCUT2D eigenvalue weighted by Crippen LogP contribution is -2.37. The molecule has 2 aromatic carbocycles. The monoisotopic (exact) mass is 480 g/mol. The van der Waals surface area contributed by atoms with E-state index >= 15 is 0 Å². The molecule has 180 valence electrons. The third kappa shape index (κ3) is 3.59. The van der Waals surface area contributed by atoms with Crippen molar-refractivity contribution in [3.8, 4) is 12.1 Å². The van der Waals surface area contributed by atoms with Gasteiger partial charge in [0.05, 0.1) is 22.3 Å². The molecule has 0 radical (unpaired) electrons. The van der Waals surface area contributed by atoms with Crippen LogP contribution in [-0.2, 0) is 0 Å². The van der Waals surface area contributed by atoms with Gasteiger partial charge in [-0.05, 0) is 62.1 Å². The van der Waals surface area contributed by atoms with Gasteiger partial charge in [0.25, 0.3) is 23.6 Å². The molecule has 0 saturated heterocycles. The van der Waals surface area contributed by atoms with E-state index in [-0.39, 0.29) is 57.3 Å². The molecule has 0 bridgehead atoms. The Bertz CT molecular complexity index is 1350. The minimum Gasteiger partial charge on any atom is -0.272 e. The highest BCUT2D eigenvalue weighted by atomic mass is 16.2. The lowest BCUT2D eigenvalue weighted by Gasteiger charge is -2.20. The average molecular weight is 481 g/mol. The number of hydrogen-bond acceptors (Lipinski definition) is 6. The van der Waals surface area contributed by atoms with Crippen molar-refractivity contribution in [3.63, 3.8) is 0 Å². The Hall–Kier alpha value is -4.56. The van der Waals surface area contributed by atoms with Crippen molar-refractivity contribution in [3.05, 3.63) is 75.4 Å². The Balaban J connectivity index is 1.86. The largest absolute Gasteiger partial charge is 0.272 e. The van der Waals surface area contributed by atoms with Crippen molar-refractivity contribution in [1.29, 1.82) is 10.5 Å². The first-order chi connectivity index (χ1) is 17.2.